The second-order valence-electron chi connectivity index (χ2n) is 5.36. The number of rotatable bonds is 4. The van der Waals surface area contributed by atoms with Gasteiger partial charge in [-0.1, -0.05) is 6.58 Å². The first-order valence-corrected chi connectivity index (χ1v) is 6.63. The zero-order valence-corrected chi connectivity index (χ0v) is 11.8. The van der Waals surface area contributed by atoms with Gasteiger partial charge in [-0.2, -0.15) is 0 Å². The van der Waals surface area contributed by atoms with E-state index in [1.54, 1.807) is 13.8 Å². The van der Waals surface area contributed by atoms with Crippen molar-refractivity contribution < 1.29 is 23.9 Å². The zero-order chi connectivity index (χ0) is 14.9. The van der Waals surface area contributed by atoms with Crippen LogP contribution in [0.1, 0.15) is 33.1 Å². The van der Waals surface area contributed by atoms with E-state index in [1.165, 1.54) is 0 Å². The van der Waals surface area contributed by atoms with Gasteiger partial charge < -0.3 is 9.47 Å². The summed E-state index contributed by atoms with van der Waals surface area (Å²) in [4.78, 5) is 35.6. The first-order chi connectivity index (χ1) is 9.39. The molecule has 1 saturated heterocycles. The Bertz CT molecular complexity index is 528. The number of allylic oxidation sites excluding steroid dienone is 2. The summed E-state index contributed by atoms with van der Waals surface area (Å²) in [5.41, 5.74) is 0.980. The van der Waals surface area contributed by atoms with E-state index in [2.05, 4.69) is 6.58 Å². The minimum Gasteiger partial charge on any atom is -0.466 e. The van der Waals surface area contributed by atoms with Crippen LogP contribution in [0.15, 0.2) is 23.3 Å². The third-order valence-electron chi connectivity index (χ3n) is 3.70. The van der Waals surface area contributed by atoms with Crippen LogP contribution in [0.3, 0.4) is 0 Å². The predicted octanol–water partition coefficient (Wildman–Crippen LogP) is 1.72. The van der Waals surface area contributed by atoms with E-state index in [-0.39, 0.29) is 37.2 Å². The number of Topliss-reactive ketones (excluding diaryl/α,β-unsaturated/α-hetero) is 1. The van der Waals surface area contributed by atoms with E-state index in [9.17, 15) is 14.4 Å². The molecule has 5 nitrogen and oxygen atoms in total. The fourth-order valence-corrected chi connectivity index (χ4v) is 2.89. The lowest BCUT2D eigenvalue weighted by atomic mass is 9.81. The lowest BCUT2D eigenvalue weighted by Gasteiger charge is -2.17. The lowest BCUT2D eigenvalue weighted by Crippen LogP contribution is -2.28. The van der Waals surface area contributed by atoms with Crippen LogP contribution < -0.4 is 0 Å². The quantitative estimate of drug-likeness (QED) is 0.732. The van der Waals surface area contributed by atoms with Gasteiger partial charge in [-0.3, -0.25) is 14.4 Å². The molecule has 2 rings (SSSR count). The van der Waals surface area contributed by atoms with E-state index in [0.717, 1.165) is 0 Å². The standard InChI is InChI=1S/C15H18O5/c1-4-19-11(16)5-10-6-15(7-12(17)20-8-15)14(18)13(10)9(2)3/h2,4-8H2,1,3H3. The lowest BCUT2D eigenvalue weighted by molar-refractivity contribution is -0.142. The summed E-state index contributed by atoms with van der Waals surface area (Å²) >= 11 is 0. The minimum atomic E-state index is -0.826. The molecule has 1 heterocycles. The van der Waals surface area contributed by atoms with Crippen molar-refractivity contribution >= 4 is 17.7 Å². The van der Waals surface area contributed by atoms with Gasteiger partial charge in [-0.05, 0) is 31.4 Å². The summed E-state index contributed by atoms with van der Waals surface area (Å²) in [5.74, 6) is -0.858. The molecule has 5 heteroatoms. The number of hydrogen-bond acceptors (Lipinski definition) is 5. The van der Waals surface area contributed by atoms with Crippen molar-refractivity contribution in [1.29, 1.82) is 0 Å². The van der Waals surface area contributed by atoms with Crippen LogP contribution in [-0.4, -0.2) is 30.9 Å². The molecule has 1 aliphatic carbocycles. The van der Waals surface area contributed by atoms with E-state index in [0.29, 0.717) is 29.7 Å². The van der Waals surface area contributed by atoms with Gasteiger partial charge in [-0.25, -0.2) is 0 Å². The fraction of sp³-hybridized carbons (Fsp3) is 0.533. The summed E-state index contributed by atoms with van der Waals surface area (Å²) < 4.78 is 9.88. The first-order valence-electron chi connectivity index (χ1n) is 6.63. The van der Waals surface area contributed by atoms with E-state index >= 15 is 0 Å². The summed E-state index contributed by atoms with van der Waals surface area (Å²) in [6.45, 7) is 7.66. The zero-order valence-electron chi connectivity index (χ0n) is 11.8. The van der Waals surface area contributed by atoms with E-state index in [1.807, 2.05) is 0 Å². The Morgan fingerprint density at radius 2 is 2.10 bits per heavy atom. The Morgan fingerprint density at radius 3 is 2.60 bits per heavy atom. The van der Waals surface area contributed by atoms with Gasteiger partial charge in [0.05, 0.1) is 24.9 Å². The largest absolute Gasteiger partial charge is 0.466 e. The Labute approximate surface area is 117 Å². The van der Waals surface area contributed by atoms with Gasteiger partial charge in [0.2, 0.25) is 0 Å². The SMILES string of the molecule is C=C(C)C1=C(CC(=O)OCC)CC2(COC(=O)C2)C1=O. The van der Waals surface area contributed by atoms with E-state index < -0.39 is 5.41 Å². The average molecular weight is 278 g/mol. The average Bonchev–Trinajstić information content (AvgIpc) is 2.82. The highest BCUT2D eigenvalue weighted by molar-refractivity contribution is 6.09. The Hall–Kier alpha value is -1.91. The fourth-order valence-electron chi connectivity index (χ4n) is 2.89. The van der Waals surface area contributed by atoms with Crippen LogP contribution >= 0.6 is 0 Å². The molecule has 0 aromatic carbocycles. The first kappa shape index (κ1) is 14.5. The Kier molecular flexibility index (Phi) is 3.79. The maximum Gasteiger partial charge on any atom is 0.309 e. The van der Waals surface area contributed by atoms with Gasteiger partial charge >= 0.3 is 11.9 Å². The molecule has 1 fully saturated rings. The normalized spacial score (nSPS) is 25.3. The maximum atomic E-state index is 12.6. The number of cyclic esters (lactones) is 1. The van der Waals surface area contributed by atoms with Crippen LogP contribution in [-0.2, 0) is 23.9 Å². The maximum absolute atomic E-state index is 12.6. The van der Waals surface area contributed by atoms with Crippen LogP contribution in [0.4, 0.5) is 0 Å². The molecule has 20 heavy (non-hydrogen) atoms. The number of carbonyl (C=O) groups excluding carboxylic acids is 3. The molecule has 0 amide bonds. The molecular weight excluding hydrogens is 260 g/mol. The molecule has 1 aliphatic heterocycles. The van der Waals surface area contributed by atoms with E-state index in [4.69, 9.17) is 9.47 Å². The number of ketones is 1. The molecule has 0 aromatic heterocycles. The Balaban J connectivity index is 2.27. The van der Waals surface area contributed by atoms with Crippen LogP contribution in [0.25, 0.3) is 0 Å². The molecule has 0 saturated carbocycles. The molecule has 1 spiro atoms. The topological polar surface area (TPSA) is 69.7 Å². The van der Waals surface area contributed by atoms with Gasteiger partial charge in [0.15, 0.2) is 5.78 Å². The van der Waals surface area contributed by atoms with Gasteiger partial charge in [0.1, 0.15) is 6.61 Å². The molecule has 2 aliphatic rings. The third kappa shape index (κ3) is 2.40. The molecule has 1 unspecified atom stereocenters. The minimum absolute atomic E-state index is 0.0672. The smallest absolute Gasteiger partial charge is 0.309 e. The number of ether oxygens (including phenoxy) is 2. The highest BCUT2D eigenvalue weighted by atomic mass is 16.5. The molecule has 108 valence electrons. The van der Waals surface area contributed by atoms with Gasteiger partial charge in [0, 0.05) is 5.57 Å². The molecule has 0 bridgehead atoms. The molecule has 0 aromatic rings. The molecular formula is C15H18O5. The van der Waals surface area contributed by atoms with Crippen molar-refractivity contribution in [1.82, 2.24) is 0 Å². The third-order valence-corrected chi connectivity index (χ3v) is 3.70. The van der Waals surface area contributed by atoms with Crippen molar-refractivity contribution in [2.75, 3.05) is 13.2 Å². The summed E-state index contributed by atoms with van der Waals surface area (Å²) in [5, 5.41) is 0. The number of hydrogen-bond donors (Lipinski definition) is 0. The van der Waals surface area contributed by atoms with Crippen LogP contribution in [0.5, 0.6) is 0 Å². The highest BCUT2D eigenvalue weighted by Gasteiger charge is 2.52. The van der Waals surface area contributed by atoms with Crippen molar-refractivity contribution in [2.24, 2.45) is 5.41 Å². The molecule has 0 N–H and O–H groups in total. The van der Waals surface area contributed by atoms with Gasteiger partial charge in [0.25, 0.3) is 0 Å². The summed E-state index contributed by atoms with van der Waals surface area (Å²) in [7, 11) is 0. The molecule has 1 atom stereocenters. The highest BCUT2D eigenvalue weighted by Crippen LogP contribution is 2.47. The number of carbonyl (C=O) groups is 3. The second-order valence-corrected chi connectivity index (χ2v) is 5.36. The van der Waals surface area contributed by atoms with Crippen LogP contribution in [0.2, 0.25) is 0 Å². The van der Waals surface area contributed by atoms with Crippen molar-refractivity contribution in [2.45, 2.75) is 33.1 Å². The van der Waals surface area contributed by atoms with Crippen molar-refractivity contribution in [3.05, 3.63) is 23.3 Å². The van der Waals surface area contributed by atoms with Crippen molar-refractivity contribution in [3.8, 4) is 0 Å². The van der Waals surface area contributed by atoms with Gasteiger partial charge in [-0.15, -0.1) is 0 Å². The summed E-state index contributed by atoms with van der Waals surface area (Å²) in [6, 6.07) is 0. The number of esters is 2. The van der Waals surface area contributed by atoms with Crippen molar-refractivity contribution in [3.63, 3.8) is 0 Å². The molecule has 0 radical (unpaired) electrons. The predicted molar refractivity (Wildman–Crippen MR) is 70.7 cm³/mol. The monoisotopic (exact) mass is 278 g/mol. The van der Waals surface area contributed by atoms with Crippen LogP contribution in [0, 0.1) is 5.41 Å². The Morgan fingerprint density at radius 1 is 1.40 bits per heavy atom. The second kappa shape index (κ2) is 5.23. The summed E-state index contributed by atoms with van der Waals surface area (Å²) in [6.07, 6.45) is 0.519.